The number of hydrogen-bond acceptors (Lipinski definition) is 3. The number of nitrogens with zero attached hydrogens (tertiary/aromatic N) is 3. The largest absolute Gasteiger partial charge is 0.309 e. The van der Waals surface area contributed by atoms with Gasteiger partial charge >= 0.3 is 0 Å². The molecule has 0 spiro atoms. The Kier molecular flexibility index (Phi) is 3.34. The number of aryl methyl sites for hydroxylation is 2. The minimum Gasteiger partial charge on any atom is -0.309 e. The lowest BCUT2D eigenvalue weighted by Crippen LogP contribution is -2.28. The second kappa shape index (κ2) is 5.13. The molecule has 0 radical (unpaired) electrons. The first-order valence-electron chi connectivity index (χ1n) is 6.96. The lowest BCUT2D eigenvalue weighted by Gasteiger charge is -2.24. The zero-order valence-corrected chi connectivity index (χ0v) is 11.6. The number of pyridine rings is 1. The van der Waals surface area contributed by atoms with E-state index in [1.54, 1.807) is 0 Å². The topological polar surface area (TPSA) is 42.7 Å². The van der Waals surface area contributed by atoms with Gasteiger partial charge in [0.2, 0.25) is 0 Å². The fourth-order valence-corrected chi connectivity index (χ4v) is 2.80. The lowest BCUT2D eigenvalue weighted by molar-refractivity contribution is 0.401. The van der Waals surface area contributed by atoms with Crippen LogP contribution in [0.5, 0.6) is 0 Å². The number of nitrogens with one attached hydrogen (secondary N) is 1. The van der Waals surface area contributed by atoms with Crippen LogP contribution in [0.4, 0.5) is 0 Å². The van der Waals surface area contributed by atoms with Crippen LogP contribution in [0.2, 0.25) is 0 Å². The summed E-state index contributed by atoms with van der Waals surface area (Å²) in [6.07, 6.45) is 7.61. The van der Waals surface area contributed by atoms with Gasteiger partial charge in [0.05, 0.1) is 29.6 Å². The highest BCUT2D eigenvalue weighted by molar-refractivity contribution is 5.39. The van der Waals surface area contributed by atoms with Crippen molar-refractivity contribution in [3.05, 3.63) is 41.7 Å². The fourth-order valence-electron chi connectivity index (χ4n) is 2.80. The molecule has 19 heavy (non-hydrogen) atoms. The van der Waals surface area contributed by atoms with E-state index < -0.39 is 0 Å². The van der Waals surface area contributed by atoms with Crippen LogP contribution in [0, 0.1) is 13.8 Å². The molecule has 1 N–H and O–H groups in total. The van der Waals surface area contributed by atoms with Crippen LogP contribution in [-0.4, -0.2) is 21.1 Å². The fraction of sp³-hybridized carbons (Fsp3) is 0.467. The lowest BCUT2D eigenvalue weighted by atomic mass is 10.0. The third-order valence-corrected chi connectivity index (χ3v) is 3.79. The van der Waals surface area contributed by atoms with Gasteiger partial charge < -0.3 is 5.32 Å². The Morgan fingerprint density at radius 3 is 2.89 bits per heavy atom. The summed E-state index contributed by atoms with van der Waals surface area (Å²) in [5.41, 5.74) is 4.48. The molecule has 1 atom stereocenters. The molecule has 1 aliphatic heterocycles. The summed E-state index contributed by atoms with van der Waals surface area (Å²) >= 11 is 0. The first-order valence-corrected chi connectivity index (χ1v) is 6.96. The first kappa shape index (κ1) is 12.4. The van der Waals surface area contributed by atoms with E-state index in [1.165, 1.54) is 25.0 Å². The Labute approximate surface area is 113 Å². The van der Waals surface area contributed by atoms with Crippen LogP contribution in [0.15, 0.2) is 24.7 Å². The van der Waals surface area contributed by atoms with Gasteiger partial charge in [-0.2, -0.15) is 0 Å². The van der Waals surface area contributed by atoms with Crippen molar-refractivity contribution in [1.82, 2.24) is 19.9 Å². The molecular weight excluding hydrogens is 236 g/mol. The Morgan fingerprint density at radius 1 is 1.26 bits per heavy atom. The van der Waals surface area contributed by atoms with E-state index in [2.05, 4.69) is 38.9 Å². The summed E-state index contributed by atoms with van der Waals surface area (Å²) < 4.78 is 2.17. The molecule has 4 nitrogen and oxygen atoms in total. The maximum atomic E-state index is 4.55. The van der Waals surface area contributed by atoms with Crippen molar-refractivity contribution in [3.8, 4) is 5.69 Å². The average molecular weight is 256 g/mol. The van der Waals surface area contributed by atoms with Crippen molar-refractivity contribution in [2.75, 3.05) is 6.54 Å². The smallest absolute Gasteiger partial charge is 0.0995 e. The number of aromatic nitrogens is 3. The molecule has 0 saturated carbocycles. The second-order valence-electron chi connectivity index (χ2n) is 5.25. The van der Waals surface area contributed by atoms with Gasteiger partial charge in [-0.3, -0.25) is 9.55 Å². The zero-order valence-electron chi connectivity index (χ0n) is 11.6. The third-order valence-electron chi connectivity index (χ3n) is 3.79. The maximum Gasteiger partial charge on any atom is 0.0995 e. The SMILES string of the molecule is Cc1ccc(-n2cncc2C2CCCCN2)c(C)n1. The van der Waals surface area contributed by atoms with Crippen LogP contribution in [0.1, 0.15) is 42.4 Å². The van der Waals surface area contributed by atoms with Gasteiger partial charge in [0.25, 0.3) is 0 Å². The number of rotatable bonds is 2. The molecule has 1 fully saturated rings. The van der Waals surface area contributed by atoms with Crippen molar-refractivity contribution in [2.45, 2.75) is 39.2 Å². The standard InChI is InChI=1S/C15H20N4/c1-11-6-7-14(12(2)18-11)19-10-16-9-15(19)13-5-3-4-8-17-13/h6-7,9-10,13,17H,3-5,8H2,1-2H3. The number of hydrogen-bond donors (Lipinski definition) is 1. The minimum absolute atomic E-state index is 0.414. The third kappa shape index (κ3) is 2.40. The van der Waals surface area contributed by atoms with Crippen molar-refractivity contribution in [2.24, 2.45) is 0 Å². The predicted octanol–water partition coefficient (Wildman–Crippen LogP) is 2.70. The Morgan fingerprint density at radius 2 is 2.16 bits per heavy atom. The molecule has 0 bridgehead atoms. The van der Waals surface area contributed by atoms with Crippen LogP contribution < -0.4 is 5.32 Å². The van der Waals surface area contributed by atoms with Crippen molar-refractivity contribution in [3.63, 3.8) is 0 Å². The van der Waals surface area contributed by atoms with Crippen LogP contribution in [0.25, 0.3) is 5.69 Å². The van der Waals surface area contributed by atoms with Gasteiger partial charge in [-0.1, -0.05) is 6.42 Å². The summed E-state index contributed by atoms with van der Waals surface area (Å²) in [6, 6.07) is 4.60. The molecule has 0 aromatic carbocycles. The van der Waals surface area contributed by atoms with Crippen molar-refractivity contribution >= 4 is 0 Å². The van der Waals surface area contributed by atoms with Gasteiger partial charge in [0, 0.05) is 11.7 Å². The molecule has 3 heterocycles. The van der Waals surface area contributed by atoms with Crippen LogP contribution in [0.3, 0.4) is 0 Å². The van der Waals surface area contributed by atoms with E-state index in [0.29, 0.717) is 6.04 Å². The van der Waals surface area contributed by atoms with Crippen molar-refractivity contribution in [1.29, 1.82) is 0 Å². The van der Waals surface area contributed by atoms with Gasteiger partial charge in [0.15, 0.2) is 0 Å². The van der Waals surface area contributed by atoms with Gasteiger partial charge in [-0.15, -0.1) is 0 Å². The molecule has 0 aliphatic carbocycles. The summed E-state index contributed by atoms with van der Waals surface area (Å²) in [6.45, 7) is 5.18. The normalized spacial score (nSPS) is 19.6. The highest BCUT2D eigenvalue weighted by Crippen LogP contribution is 2.25. The van der Waals surface area contributed by atoms with E-state index in [4.69, 9.17) is 0 Å². The highest BCUT2D eigenvalue weighted by Gasteiger charge is 2.19. The Balaban J connectivity index is 1.99. The number of imidazole rings is 1. The van der Waals surface area contributed by atoms with Gasteiger partial charge in [-0.05, 0) is 45.4 Å². The molecule has 3 rings (SSSR count). The Hall–Kier alpha value is -1.68. The van der Waals surface area contributed by atoms with E-state index >= 15 is 0 Å². The summed E-state index contributed by atoms with van der Waals surface area (Å²) in [7, 11) is 0. The zero-order chi connectivity index (χ0) is 13.2. The van der Waals surface area contributed by atoms with E-state index in [0.717, 1.165) is 23.6 Å². The second-order valence-corrected chi connectivity index (χ2v) is 5.25. The highest BCUT2D eigenvalue weighted by atomic mass is 15.1. The maximum absolute atomic E-state index is 4.55. The van der Waals surface area contributed by atoms with E-state index in [9.17, 15) is 0 Å². The molecule has 0 amide bonds. The molecule has 1 unspecified atom stereocenters. The Bertz CT molecular complexity index is 567. The predicted molar refractivity (Wildman–Crippen MR) is 75.4 cm³/mol. The summed E-state index contributed by atoms with van der Waals surface area (Å²) in [5, 5.41) is 3.58. The minimum atomic E-state index is 0.414. The molecule has 2 aromatic heterocycles. The number of piperidine rings is 1. The van der Waals surface area contributed by atoms with Gasteiger partial charge in [0.1, 0.15) is 0 Å². The van der Waals surface area contributed by atoms with E-state index in [-0.39, 0.29) is 0 Å². The van der Waals surface area contributed by atoms with Crippen molar-refractivity contribution < 1.29 is 0 Å². The molecule has 100 valence electrons. The molecule has 2 aromatic rings. The molecular formula is C15H20N4. The molecule has 4 heteroatoms. The van der Waals surface area contributed by atoms with Crippen LogP contribution in [-0.2, 0) is 0 Å². The first-order chi connectivity index (χ1) is 9.25. The van der Waals surface area contributed by atoms with E-state index in [1.807, 2.05) is 19.4 Å². The average Bonchev–Trinajstić information content (AvgIpc) is 2.89. The molecule has 1 saturated heterocycles. The monoisotopic (exact) mass is 256 g/mol. The summed E-state index contributed by atoms with van der Waals surface area (Å²) in [5.74, 6) is 0. The quantitative estimate of drug-likeness (QED) is 0.898. The van der Waals surface area contributed by atoms with Crippen LogP contribution >= 0.6 is 0 Å². The summed E-state index contributed by atoms with van der Waals surface area (Å²) in [4.78, 5) is 8.88. The van der Waals surface area contributed by atoms with Gasteiger partial charge in [-0.25, -0.2) is 4.98 Å². The molecule has 1 aliphatic rings.